The zero-order valence-electron chi connectivity index (χ0n) is 25.8. The van der Waals surface area contributed by atoms with Crippen LogP contribution in [0, 0.1) is 18.3 Å². The van der Waals surface area contributed by atoms with Gasteiger partial charge in [0.2, 0.25) is 5.91 Å². The van der Waals surface area contributed by atoms with Crippen molar-refractivity contribution in [1.29, 1.82) is 0 Å². The molecule has 1 aliphatic carbocycles. The molecule has 0 bridgehead atoms. The number of amides is 2. The van der Waals surface area contributed by atoms with Gasteiger partial charge in [0.1, 0.15) is 0 Å². The highest BCUT2D eigenvalue weighted by molar-refractivity contribution is 6.08. The summed E-state index contributed by atoms with van der Waals surface area (Å²) in [5.41, 5.74) is 4.62. The van der Waals surface area contributed by atoms with Gasteiger partial charge in [-0.05, 0) is 93.7 Å². The van der Waals surface area contributed by atoms with Crippen LogP contribution in [0.4, 0.5) is 5.69 Å². The van der Waals surface area contributed by atoms with Crippen molar-refractivity contribution in [2.45, 2.75) is 105 Å². The Morgan fingerprint density at radius 2 is 1.68 bits per heavy atom. The zero-order valence-corrected chi connectivity index (χ0v) is 25.8. The molecule has 0 atom stereocenters. The number of fused-ring (bicyclic) bond motifs is 1. The number of nitrogens with one attached hydrogen (secondary N) is 1. The quantitative estimate of drug-likeness (QED) is 0.416. The highest BCUT2D eigenvalue weighted by Crippen LogP contribution is 2.48. The monoisotopic (exact) mass is 549 g/mol. The van der Waals surface area contributed by atoms with E-state index in [-0.39, 0.29) is 23.8 Å². The smallest absolute Gasteiger partial charge is 0.310 e. The summed E-state index contributed by atoms with van der Waals surface area (Å²) in [5.74, 6) is -0.584. The van der Waals surface area contributed by atoms with Gasteiger partial charge in [0.15, 0.2) is 0 Å². The number of aliphatic carboxylic acids is 1. The minimum atomic E-state index is -1.07. The number of likely N-dealkylation sites (N-methyl/N-ethyl adjacent to an activating group) is 1. The summed E-state index contributed by atoms with van der Waals surface area (Å²) in [6.07, 6.45) is 6.09. The number of anilines is 1. The lowest BCUT2D eigenvalue weighted by molar-refractivity contribution is -0.146. The lowest BCUT2D eigenvalue weighted by Gasteiger charge is -2.28. The second kappa shape index (κ2) is 10.4. The van der Waals surface area contributed by atoms with Gasteiger partial charge in [-0.25, -0.2) is 0 Å². The summed E-state index contributed by atoms with van der Waals surface area (Å²) in [5, 5.41) is 12.4. The number of aromatic nitrogens is 1. The molecule has 0 unspecified atom stereocenters. The molecular formula is C33H47N3O4. The van der Waals surface area contributed by atoms with Crippen LogP contribution in [-0.2, 0) is 27.0 Å². The number of hydrogen-bond acceptors (Lipinski definition) is 3. The summed E-state index contributed by atoms with van der Waals surface area (Å²) in [7, 11) is 1.86. The van der Waals surface area contributed by atoms with E-state index in [1.807, 2.05) is 33.9 Å². The van der Waals surface area contributed by atoms with Crippen molar-refractivity contribution in [3.8, 4) is 11.3 Å². The van der Waals surface area contributed by atoms with E-state index in [1.165, 1.54) is 32.1 Å². The van der Waals surface area contributed by atoms with Gasteiger partial charge in [0.05, 0.1) is 22.1 Å². The Hall–Kier alpha value is -3.09. The van der Waals surface area contributed by atoms with Gasteiger partial charge in [0.25, 0.3) is 5.91 Å². The highest BCUT2D eigenvalue weighted by Gasteiger charge is 2.45. The van der Waals surface area contributed by atoms with E-state index in [0.717, 1.165) is 40.3 Å². The fourth-order valence-electron chi connectivity index (χ4n) is 6.28. The van der Waals surface area contributed by atoms with E-state index in [4.69, 9.17) is 0 Å². The summed E-state index contributed by atoms with van der Waals surface area (Å²) in [6.45, 7) is 16.6. The fraction of sp³-hybridized carbons (Fsp3) is 0.606. The van der Waals surface area contributed by atoms with Gasteiger partial charge in [-0.1, -0.05) is 40.0 Å². The first-order chi connectivity index (χ1) is 18.5. The van der Waals surface area contributed by atoms with Crippen LogP contribution in [0.25, 0.3) is 11.3 Å². The van der Waals surface area contributed by atoms with E-state index in [1.54, 1.807) is 18.7 Å². The molecule has 7 heteroatoms. The van der Waals surface area contributed by atoms with E-state index in [0.29, 0.717) is 11.5 Å². The average molecular weight is 550 g/mol. The molecule has 2 N–H and O–H groups in total. The van der Waals surface area contributed by atoms with Gasteiger partial charge >= 0.3 is 5.97 Å². The predicted octanol–water partition coefficient (Wildman–Crippen LogP) is 6.44. The molecule has 0 spiro atoms. The van der Waals surface area contributed by atoms with E-state index in [2.05, 4.69) is 42.8 Å². The predicted molar refractivity (Wildman–Crippen MR) is 160 cm³/mol. The average Bonchev–Trinajstić information content (AvgIpc) is 3.29. The Kier molecular flexibility index (Phi) is 7.76. The lowest BCUT2D eigenvalue weighted by Crippen LogP contribution is -2.39. The molecule has 1 aromatic carbocycles. The fourth-order valence-corrected chi connectivity index (χ4v) is 6.28. The Bertz CT molecular complexity index is 1340. The Labute approximate surface area is 239 Å². The first-order valence-corrected chi connectivity index (χ1v) is 14.7. The Morgan fingerprint density at radius 3 is 2.25 bits per heavy atom. The molecule has 2 aromatic rings. The molecule has 2 aliphatic rings. The third-order valence-corrected chi connectivity index (χ3v) is 9.11. The van der Waals surface area contributed by atoms with Crippen LogP contribution in [0.5, 0.6) is 0 Å². The molecule has 1 aromatic heterocycles. The molecule has 40 heavy (non-hydrogen) atoms. The maximum atomic E-state index is 13.5. The van der Waals surface area contributed by atoms with E-state index >= 15 is 0 Å². The first kappa shape index (κ1) is 29.9. The zero-order chi connectivity index (χ0) is 29.8. The standard InChI is InChI=1S/C33H47N3O4/c1-20-23(28(37)34-19-32(5,6)30(39)40)17-26(36(20)18-21-13-11-10-12-14-21)22-15-24(31(2,3)4)27-25(16-22)33(7,8)29(38)35(27)9/h15-17,21H,10-14,18-19H2,1-9H3,(H,34,37)(H,39,40). The molecule has 4 rings (SSSR count). The van der Waals surface area contributed by atoms with Crippen LogP contribution < -0.4 is 10.2 Å². The van der Waals surface area contributed by atoms with Crippen molar-refractivity contribution >= 4 is 23.5 Å². The molecule has 0 saturated heterocycles. The van der Waals surface area contributed by atoms with Crippen molar-refractivity contribution in [3.05, 3.63) is 40.6 Å². The van der Waals surface area contributed by atoms with Crippen LogP contribution in [0.15, 0.2) is 18.2 Å². The molecule has 1 saturated carbocycles. The Balaban J connectivity index is 1.87. The topological polar surface area (TPSA) is 91.6 Å². The van der Waals surface area contributed by atoms with Gasteiger partial charge in [-0.15, -0.1) is 0 Å². The number of benzene rings is 1. The molecule has 1 aliphatic heterocycles. The van der Waals surface area contributed by atoms with Gasteiger partial charge in [0, 0.05) is 31.5 Å². The van der Waals surface area contributed by atoms with E-state index < -0.39 is 16.8 Å². The first-order valence-electron chi connectivity index (χ1n) is 14.7. The number of carboxylic acids is 1. The highest BCUT2D eigenvalue weighted by atomic mass is 16.4. The van der Waals surface area contributed by atoms with E-state index in [9.17, 15) is 19.5 Å². The second-order valence-corrected chi connectivity index (χ2v) is 14.2. The largest absolute Gasteiger partial charge is 0.481 e. The van der Waals surface area contributed by atoms with Crippen molar-refractivity contribution in [2.24, 2.45) is 11.3 Å². The van der Waals surface area contributed by atoms with Gasteiger partial charge in [-0.3, -0.25) is 14.4 Å². The van der Waals surface area contributed by atoms with Crippen molar-refractivity contribution < 1.29 is 19.5 Å². The number of nitrogens with zero attached hydrogens (tertiary/aromatic N) is 2. The van der Waals surface area contributed by atoms with Gasteiger partial charge in [-0.2, -0.15) is 0 Å². The molecule has 7 nitrogen and oxygen atoms in total. The summed E-state index contributed by atoms with van der Waals surface area (Å²) in [4.78, 5) is 40.2. The second-order valence-electron chi connectivity index (χ2n) is 14.2. The van der Waals surface area contributed by atoms with Crippen molar-refractivity contribution in [3.63, 3.8) is 0 Å². The number of carboxylic acid groups (broad SMARTS) is 1. The molecular weight excluding hydrogens is 502 g/mol. The van der Waals surface area contributed by atoms with Crippen LogP contribution in [0.2, 0.25) is 0 Å². The third kappa shape index (κ3) is 5.31. The molecule has 218 valence electrons. The maximum Gasteiger partial charge on any atom is 0.310 e. The van der Waals surface area contributed by atoms with Crippen LogP contribution in [-0.4, -0.2) is 41.0 Å². The minimum Gasteiger partial charge on any atom is -0.481 e. The minimum absolute atomic E-state index is 0.0411. The van der Waals surface area contributed by atoms with Gasteiger partial charge < -0.3 is 19.9 Å². The number of rotatable bonds is 7. The Morgan fingerprint density at radius 1 is 1.05 bits per heavy atom. The maximum absolute atomic E-state index is 13.5. The molecule has 2 amide bonds. The van der Waals surface area contributed by atoms with Crippen LogP contribution in [0.3, 0.4) is 0 Å². The SMILES string of the molecule is Cc1c(C(=O)NCC(C)(C)C(=O)O)cc(-c2cc(C(C)(C)C)c3c(c2)C(C)(C)C(=O)N3C)n1CC1CCCCC1. The number of hydrogen-bond donors (Lipinski definition) is 2. The summed E-state index contributed by atoms with van der Waals surface area (Å²) < 4.78 is 2.29. The number of carbonyl (C=O) groups is 3. The molecule has 0 radical (unpaired) electrons. The van der Waals surface area contributed by atoms with Crippen LogP contribution in [0.1, 0.15) is 108 Å². The normalized spacial score (nSPS) is 17.7. The lowest BCUT2D eigenvalue weighted by atomic mass is 9.79. The molecule has 1 fully saturated rings. The summed E-state index contributed by atoms with van der Waals surface area (Å²) in [6, 6.07) is 6.31. The molecule has 2 heterocycles. The van der Waals surface area contributed by atoms with Crippen molar-refractivity contribution in [2.75, 3.05) is 18.5 Å². The summed E-state index contributed by atoms with van der Waals surface area (Å²) >= 11 is 0. The van der Waals surface area contributed by atoms with Crippen molar-refractivity contribution in [1.82, 2.24) is 9.88 Å². The van der Waals surface area contributed by atoms with Crippen LogP contribution >= 0.6 is 0 Å². The number of carbonyl (C=O) groups excluding carboxylic acids is 2. The third-order valence-electron chi connectivity index (χ3n) is 9.11.